The summed E-state index contributed by atoms with van der Waals surface area (Å²) in [6.07, 6.45) is 12.5. The first-order chi connectivity index (χ1) is 12.7. The Bertz CT molecular complexity index is 563. The molecule has 0 spiro atoms. The monoisotopic (exact) mass is 360 g/mol. The maximum atomic E-state index is 12.1. The topological polar surface area (TPSA) is 52.6 Å². The molecule has 0 aliphatic rings. The van der Waals surface area contributed by atoms with Crippen LogP contribution in [0, 0.1) is 0 Å². The number of ether oxygens (including phenoxy) is 2. The Balaban J connectivity index is 2.36. The third-order valence-electron chi connectivity index (χ3n) is 3.99. The number of carbonyl (C=O) groups excluding carboxylic acids is 2. The molecule has 0 heterocycles. The van der Waals surface area contributed by atoms with E-state index in [0.29, 0.717) is 30.8 Å². The SMILES string of the molecule is CC/C=C\CCOC(=O)c1cccc(C(=O)OCCCCCCCC)c1. The molecule has 26 heavy (non-hydrogen) atoms. The highest BCUT2D eigenvalue weighted by Crippen LogP contribution is 2.10. The lowest BCUT2D eigenvalue weighted by molar-refractivity contribution is 0.0497. The minimum Gasteiger partial charge on any atom is -0.462 e. The second-order valence-electron chi connectivity index (χ2n) is 6.29. The van der Waals surface area contributed by atoms with Crippen LogP contribution < -0.4 is 0 Å². The Morgan fingerprint density at radius 1 is 0.846 bits per heavy atom. The molecule has 4 nitrogen and oxygen atoms in total. The van der Waals surface area contributed by atoms with Crippen molar-refractivity contribution in [3.8, 4) is 0 Å². The highest BCUT2D eigenvalue weighted by Gasteiger charge is 2.12. The fourth-order valence-corrected chi connectivity index (χ4v) is 2.49. The van der Waals surface area contributed by atoms with Gasteiger partial charge in [-0.3, -0.25) is 0 Å². The van der Waals surface area contributed by atoms with Gasteiger partial charge in [-0.2, -0.15) is 0 Å². The molecule has 0 unspecified atom stereocenters. The maximum Gasteiger partial charge on any atom is 0.338 e. The predicted molar refractivity (Wildman–Crippen MR) is 104 cm³/mol. The van der Waals surface area contributed by atoms with E-state index >= 15 is 0 Å². The molecular formula is C22H32O4. The van der Waals surface area contributed by atoms with Crippen molar-refractivity contribution in [1.29, 1.82) is 0 Å². The third-order valence-corrected chi connectivity index (χ3v) is 3.99. The lowest BCUT2D eigenvalue weighted by atomic mass is 10.1. The smallest absolute Gasteiger partial charge is 0.338 e. The molecule has 0 bridgehead atoms. The Hall–Kier alpha value is -2.10. The summed E-state index contributed by atoms with van der Waals surface area (Å²) >= 11 is 0. The summed E-state index contributed by atoms with van der Waals surface area (Å²) in [5.74, 6) is -0.806. The number of hydrogen-bond acceptors (Lipinski definition) is 4. The first kappa shape index (κ1) is 21.9. The first-order valence-electron chi connectivity index (χ1n) is 9.78. The summed E-state index contributed by atoms with van der Waals surface area (Å²) in [4.78, 5) is 24.1. The van der Waals surface area contributed by atoms with Crippen LogP contribution in [0.1, 0.15) is 85.9 Å². The molecule has 1 rings (SSSR count). The molecule has 0 amide bonds. The van der Waals surface area contributed by atoms with Gasteiger partial charge in [0.2, 0.25) is 0 Å². The summed E-state index contributed by atoms with van der Waals surface area (Å²) in [7, 11) is 0. The zero-order valence-corrected chi connectivity index (χ0v) is 16.2. The van der Waals surface area contributed by atoms with Crippen LogP contribution in [0.2, 0.25) is 0 Å². The van der Waals surface area contributed by atoms with Crippen molar-refractivity contribution in [2.75, 3.05) is 13.2 Å². The van der Waals surface area contributed by atoms with Gasteiger partial charge in [0.1, 0.15) is 0 Å². The van der Waals surface area contributed by atoms with Crippen molar-refractivity contribution >= 4 is 11.9 Å². The van der Waals surface area contributed by atoms with Crippen LogP contribution in [0.5, 0.6) is 0 Å². The summed E-state index contributed by atoms with van der Waals surface area (Å²) in [5.41, 5.74) is 0.759. The van der Waals surface area contributed by atoms with Crippen molar-refractivity contribution in [3.05, 3.63) is 47.5 Å². The van der Waals surface area contributed by atoms with Crippen molar-refractivity contribution in [2.45, 2.75) is 65.2 Å². The summed E-state index contributed by atoms with van der Waals surface area (Å²) in [5, 5.41) is 0. The summed E-state index contributed by atoms with van der Waals surface area (Å²) in [6, 6.07) is 6.52. The van der Waals surface area contributed by atoms with E-state index in [9.17, 15) is 9.59 Å². The number of unbranched alkanes of at least 4 members (excludes halogenated alkanes) is 5. The third kappa shape index (κ3) is 9.40. The van der Waals surface area contributed by atoms with Crippen molar-refractivity contribution in [2.24, 2.45) is 0 Å². The molecule has 0 aliphatic heterocycles. The van der Waals surface area contributed by atoms with Gasteiger partial charge in [0, 0.05) is 0 Å². The van der Waals surface area contributed by atoms with Gasteiger partial charge in [-0.05, 0) is 37.5 Å². The second kappa shape index (κ2) is 14.1. The first-order valence-corrected chi connectivity index (χ1v) is 9.78. The number of allylic oxidation sites excluding steroid dienone is 1. The molecular weight excluding hydrogens is 328 g/mol. The Labute approximate surface area is 157 Å². The Morgan fingerprint density at radius 2 is 1.46 bits per heavy atom. The number of carbonyl (C=O) groups is 2. The average Bonchev–Trinajstić information content (AvgIpc) is 2.67. The number of rotatable bonds is 13. The van der Waals surface area contributed by atoms with Crippen LogP contribution in [-0.2, 0) is 9.47 Å². The predicted octanol–water partition coefficient (Wildman–Crippen LogP) is 5.72. The van der Waals surface area contributed by atoms with Crippen LogP contribution in [0.3, 0.4) is 0 Å². The molecule has 0 N–H and O–H groups in total. The molecule has 0 atom stereocenters. The molecule has 144 valence electrons. The van der Waals surface area contributed by atoms with E-state index in [2.05, 4.69) is 13.8 Å². The van der Waals surface area contributed by atoms with Gasteiger partial charge in [-0.15, -0.1) is 0 Å². The Kier molecular flexibility index (Phi) is 11.9. The van der Waals surface area contributed by atoms with Gasteiger partial charge < -0.3 is 9.47 Å². The molecule has 0 radical (unpaired) electrons. The second-order valence-corrected chi connectivity index (χ2v) is 6.29. The summed E-state index contributed by atoms with van der Waals surface area (Å²) < 4.78 is 10.5. The van der Waals surface area contributed by atoms with Gasteiger partial charge in [0.25, 0.3) is 0 Å². The van der Waals surface area contributed by atoms with E-state index in [4.69, 9.17) is 9.47 Å². The average molecular weight is 360 g/mol. The standard InChI is InChI=1S/C22H32O4/c1-3-5-7-9-10-12-17-26-22(24)20-15-13-14-19(18-20)21(23)25-16-11-8-6-4-2/h6,8,13-15,18H,3-5,7,9-12,16-17H2,1-2H3/b8-6-. The van der Waals surface area contributed by atoms with Gasteiger partial charge in [-0.25, -0.2) is 9.59 Å². The van der Waals surface area contributed by atoms with Gasteiger partial charge in [0.15, 0.2) is 0 Å². The lowest BCUT2D eigenvalue weighted by Crippen LogP contribution is -2.10. The van der Waals surface area contributed by atoms with E-state index < -0.39 is 5.97 Å². The number of hydrogen-bond donors (Lipinski definition) is 0. The molecule has 0 aromatic heterocycles. The fraction of sp³-hybridized carbons (Fsp3) is 0.545. The van der Waals surface area contributed by atoms with Crippen LogP contribution >= 0.6 is 0 Å². The highest BCUT2D eigenvalue weighted by molar-refractivity contribution is 5.95. The quantitative estimate of drug-likeness (QED) is 0.256. The fourth-order valence-electron chi connectivity index (χ4n) is 2.49. The maximum absolute atomic E-state index is 12.1. The highest BCUT2D eigenvalue weighted by atomic mass is 16.5. The van der Waals surface area contributed by atoms with E-state index in [0.717, 1.165) is 19.3 Å². The van der Waals surface area contributed by atoms with Gasteiger partial charge >= 0.3 is 11.9 Å². The number of benzene rings is 1. The van der Waals surface area contributed by atoms with E-state index in [1.807, 2.05) is 12.2 Å². The zero-order valence-electron chi connectivity index (χ0n) is 16.2. The molecule has 0 fully saturated rings. The molecule has 1 aromatic rings. The van der Waals surface area contributed by atoms with Crippen molar-refractivity contribution in [3.63, 3.8) is 0 Å². The van der Waals surface area contributed by atoms with Crippen LogP contribution in [0.15, 0.2) is 36.4 Å². The zero-order chi connectivity index (χ0) is 19.0. The normalized spacial score (nSPS) is 10.8. The minimum atomic E-state index is -0.416. The number of esters is 2. The van der Waals surface area contributed by atoms with E-state index in [1.54, 1.807) is 18.2 Å². The van der Waals surface area contributed by atoms with E-state index in [-0.39, 0.29) is 5.97 Å². The molecule has 0 aliphatic carbocycles. The van der Waals surface area contributed by atoms with E-state index in [1.165, 1.54) is 31.7 Å². The lowest BCUT2D eigenvalue weighted by Gasteiger charge is -2.07. The molecule has 1 aromatic carbocycles. The minimum absolute atomic E-state index is 0.335. The van der Waals surface area contributed by atoms with Gasteiger partial charge in [0.05, 0.1) is 24.3 Å². The molecule has 0 saturated heterocycles. The Morgan fingerprint density at radius 3 is 2.12 bits per heavy atom. The van der Waals surface area contributed by atoms with Crippen molar-refractivity contribution < 1.29 is 19.1 Å². The van der Waals surface area contributed by atoms with Crippen LogP contribution in [0.25, 0.3) is 0 Å². The van der Waals surface area contributed by atoms with Crippen LogP contribution in [0.4, 0.5) is 0 Å². The van der Waals surface area contributed by atoms with Gasteiger partial charge in [-0.1, -0.05) is 64.2 Å². The molecule has 0 saturated carbocycles. The summed E-state index contributed by atoms with van der Waals surface area (Å²) in [6.45, 7) is 5.00. The van der Waals surface area contributed by atoms with Crippen molar-refractivity contribution in [1.82, 2.24) is 0 Å². The largest absolute Gasteiger partial charge is 0.462 e. The van der Waals surface area contributed by atoms with Crippen LogP contribution in [-0.4, -0.2) is 25.2 Å². The molecule has 4 heteroatoms.